The number of fused-ring (bicyclic) bond motifs is 1. The van der Waals surface area contributed by atoms with Crippen LogP contribution in [0.1, 0.15) is 28.4 Å². The van der Waals surface area contributed by atoms with Crippen LogP contribution in [0.4, 0.5) is 5.69 Å². The highest BCUT2D eigenvalue weighted by Crippen LogP contribution is 2.36. The molecule has 2 aromatic carbocycles. The van der Waals surface area contributed by atoms with Gasteiger partial charge in [-0.2, -0.15) is 0 Å². The van der Waals surface area contributed by atoms with Crippen molar-refractivity contribution >= 4 is 35.2 Å². The molecule has 150 valence electrons. The molecule has 0 unspecified atom stereocenters. The SMILES string of the molecule is CCOc1ccc(OCC(=O)O)cc1C=C1C(=O)Nc2cc(C(=O)OC)ccc21. The summed E-state index contributed by atoms with van der Waals surface area (Å²) < 4.78 is 15.5. The number of hydrogen-bond donors (Lipinski definition) is 2. The van der Waals surface area contributed by atoms with Crippen LogP contribution in [0, 0.1) is 0 Å². The fraction of sp³-hybridized carbons (Fsp3) is 0.190. The highest BCUT2D eigenvalue weighted by molar-refractivity contribution is 6.35. The lowest BCUT2D eigenvalue weighted by Crippen LogP contribution is -2.09. The number of aliphatic carboxylic acids is 1. The molecule has 3 rings (SSSR count). The summed E-state index contributed by atoms with van der Waals surface area (Å²) in [6, 6.07) is 9.65. The summed E-state index contributed by atoms with van der Waals surface area (Å²) >= 11 is 0. The molecule has 0 atom stereocenters. The van der Waals surface area contributed by atoms with E-state index in [1.165, 1.54) is 7.11 Å². The van der Waals surface area contributed by atoms with Crippen LogP contribution in [0.25, 0.3) is 11.6 Å². The first-order valence-electron chi connectivity index (χ1n) is 8.80. The van der Waals surface area contributed by atoms with Gasteiger partial charge >= 0.3 is 11.9 Å². The van der Waals surface area contributed by atoms with Crippen molar-refractivity contribution in [2.75, 3.05) is 25.6 Å². The molecule has 29 heavy (non-hydrogen) atoms. The number of methoxy groups -OCH3 is 1. The maximum Gasteiger partial charge on any atom is 0.341 e. The van der Waals surface area contributed by atoms with E-state index in [9.17, 15) is 14.4 Å². The number of carboxylic acids is 1. The van der Waals surface area contributed by atoms with Crippen LogP contribution in [0.15, 0.2) is 36.4 Å². The number of amides is 1. The molecule has 2 aromatic rings. The lowest BCUT2D eigenvalue weighted by molar-refractivity contribution is -0.139. The van der Waals surface area contributed by atoms with Gasteiger partial charge in [0.1, 0.15) is 11.5 Å². The largest absolute Gasteiger partial charge is 0.493 e. The fourth-order valence-corrected chi connectivity index (χ4v) is 2.90. The van der Waals surface area contributed by atoms with Crippen molar-refractivity contribution in [1.82, 2.24) is 0 Å². The monoisotopic (exact) mass is 397 g/mol. The number of esters is 1. The summed E-state index contributed by atoms with van der Waals surface area (Å²) in [6.07, 6.45) is 1.64. The molecular weight excluding hydrogens is 378 g/mol. The fourth-order valence-electron chi connectivity index (χ4n) is 2.90. The zero-order valence-electron chi connectivity index (χ0n) is 15.9. The van der Waals surface area contributed by atoms with Crippen LogP contribution < -0.4 is 14.8 Å². The molecule has 0 radical (unpaired) electrons. The number of carbonyl (C=O) groups excluding carboxylic acids is 2. The number of carboxylic acid groups (broad SMARTS) is 1. The normalized spacial score (nSPS) is 13.6. The molecule has 1 aliphatic heterocycles. The summed E-state index contributed by atoms with van der Waals surface area (Å²) in [4.78, 5) is 35.0. The molecule has 0 aromatic heterocycles. The smallest absolute Gasteiger partial charge is 0.341 e. The van der Waals surface area contributed by atoms with Crippen LogP contribution in [0.3, 0.4) is 0 Å². The molecule has 8 nitrogen and oxygen atoms in total. The van der Waals surface area contributed by atoms with Gasteiger partial charge in [0.05, 0.1) is 19.3 Å². The number of ether oxygens (including phenoxy) is 3. The van der Waals surface area contributed by atoms with E-state index in [1.807, 2.05) is 6.92 Å². The molecule has 0 aliphatic carbocycles. The highest BCUT2D eigenvalue weighted by Gasteiger charge is 2.26. The average Bonchev–Trinajstić information content (AvgIpc) is 3.01. The topological polar surface area (TPSA) is 111 Å². The van der Waals surface area contributed by atoms with Crippen LogP contribution in [0.5, 0.6) is 11.5 Å². The summed E-state index contributed by atoms with van der Waals surface area (Å²) in [5.41, 5.74) is 2.40. The molecule has 2 N–H and O–H groups in total. The third-order valence-corrected chi connectivity index (χ3v) is 4.17. The van der Waals surface area contributed by atoms with Gasteiger partial charge in [-0.25, -0.2) is 9.59 Å². The minimum absolute atomic E-state index is 0.326. The molecule has 1 aliphatic rings. The molecule has 0 spiro atoms. The average molecular weight is 397 g/mol. The van der Waals surface area contributed by atoms with Gasteiger partial charge in [-0.05, 0) is 43.3 Å². The van der Waals surface area contributed by atoms with Gasteiger partial charge in [-0.1, -0.05) is 6.07 Å². The summed E-state index contributed by atoms with van der Waals surface area (Å²) in [6.45, 7) is 1.76. The summed E-state index contributed by atoms with van der Waals surface area (Å²) in [5.74, 6) is -1.07. The second-order valence-electron chi connectivity index (χ2n) is 6.08. The quantitative estimate of drug-likeness (QED) is 0.546. The molecule has 0 bridgehead atoms. The second-order valence-corrected chi connectivity index (χ2v) is 6.08. The first-order chi connectivity index (χ1) is 13.9. The Kier molecular flexibility index (Phi) is 5.82. The number of rotatable bonds is 7. The zero-order chi connectivity index (χ0) is 21.0. The zero-order valence-corrected chi connectivity index (χ0v) is 15.9. The van der Waals surface area contributed by atoms with E-state index in [0.717, 1.165) is 0 Å². The maximum atomic E-state index is 12.5. The predicted octanol–water partition coefficient (Wildman–Crippen LogP) is 2.83. The third kappa shape index (κ3) is 4.37. The first kappa shape index (κ1) is 19.9. The number of nitrogens with one attached hydrogen (secondary N) is 1. The minimum Gasteiger partial charge on any atom is -0.493 e. The van der Waals surface area contributed by atoms with Gasteiger partial charge in [-0.3, -0.25) is 4.79 Å². The van der Waals surface area contributed by atoms with Crippen molar-refractivity contribution in [1.29, 1.82) is 0 Å². The van der Waals surface area contributed by atoms with Gasteiger partial charge in [0, 0.05) is 22.4 Å². The summed E-state index contributed by atoms with van der Waals surface area (Å²) in [7, 11) is 1.29. The minimum atomic E-state index is -1.09. The Labute approximate surface area is 166 Å². The number of hydrogen-bond acceptors (Lipinski definition) is 6. The van der Waals surface area contributed by atoms with Gasteiger partial charge in [-0.15, -0.1) is 0 Å². The van der Waals surface area contributed by atoms with Crippen molar-refractivity contribution < 1.29 is 33.7 Å². The Hall–Kier alpha value is -3.81. The predicted molar refractivity (Wildman–Crippen MR) is 105 cm³/mol. The van der Waals surface area contributed by atoms with Gasteiger partial charge in [0.2, 0.25) is 0 Å². The number of anilines is 1. The molecule has 0 saturated carbocycles. The Morgan fingerprint density at radius 2 is 1.93 bits per heavy atom. The third-order valence-electron chi connectivity index (χ3n) is 4.17. The molecule has 0 saturated heterocycles. The van der Waals surface area contributed by atoms with E-state index < -0.39 is 18.5 Å². The van der Waals surface area contributed by atoms with E-state index in [4.69, 9.17) is 19.3 Å². The molecule has 0 fully saturated rings. The summed E-state index contributed by atoms with van der Waals surface area (Å²) in [5, 5.41) is 11.5. The molecule has 1 heterocycles. The second kappa shape index (κ2) is 8.47. The Morgan fingerprint density at radius 1 is 1.14 bits per heavy atom. The Balaban J connectivity index is 2.01. The van der Waals surface area contributed by atoms with Crippen molar-refractivity contribution in [3.63, 3.8) is 0 Å². The van der Waals surface area contributed by atoms with E-state index in [0.29, 0.717) is 46.1 Å². The van der Waals surface area contributed by atoms with Crippen LogP contribution >= 0.6 is 0 Å². The van der Waals surface area contributed by atoms with E-state index in [1.54, 1.807) is 42.5 Å². The van der Waals surface area contributed by atoms with E-state index >= 15 is 0 Å². The highest BCUT2D eigenvalue weighted by atomic mass is 16.5. The van der Waals surface area contributed by atoms with Crippen molar-refractivity contribution in [2.24, 2.45) is 0 Å². The lowest BCUT2D eigenvalue weighted by Gasteiger charge is -2.11. The lowest BCUT2D eigenvalue weighted by atomic mass is 10.0. The van der Waals surface area contributed by atoms with E-state index in [-0.39, 0.29) is 5.91 Å². The van der Waals surface area contributed by atoms with Crippen molar-refractivity contribution in [3.8, 4) is 11.5 Å². The van der Waals surface area contributed by atoms with Crippen molar-refractivity contribution in [2.45, 2.75) is 6.92 Å². The number of benzene rings is 2. The maximum absolute atomic E-state index is 12.5. The van der Waals surface area contributed by atoms with Crippen LogP contribution in [0.2, 0.25) is 0 Å². The number of carbonyl (C=O) groups is 3. The van der Waals surface area contributed by atoms with E-state index in [2.05, 4.69) is 5.32 Å². The van der Waals surface area contributed by atoms with Crippen LogP contribution in [-0.4, -0.2) is 43.3 Å². The Bertz CT molecular complexity index is 1010. The van der Waals surface area contributed by atoms with Crippen LogP contribution in [-0.2, 0) is 14.3 Å². The van der Waals surface area contributed by atoms with Gasteiger partial charge in [0.25, 0.3) is 5.91 Å². The molecule has 8 heteroatoms. The molecular formula is C21H19NO7. The molecule has 1 amide bonds. The van der Waals surface area contributed by atoms with Gasteiger partial charge in [0.15, 0.2) is 6.61 Å². The standard InChI is InChI=1S/C21H19NO7/c1-3-28-18-7-5-14(29-11-19(23)24)8-13(18)9-16-15-6-4-12(21(26)27-2)10-17(15)22-20(16)25/h4-10H,3,11H2,1-2H3,(H,22,25)(H,23,24). The van der Waals surface area contributed by atoms with Crippen molar-refractivity contribution in [3.05, 3.63) is 53.1 Å². The Morgan fingerprint density at radius 3 is 2.62 bits per heavy atom. The van der Waals surface area contributed by atoms with Gasteiger partial charge < -0.3 is 24.6 Å². The first-order valence-corrected chi connectivity index (χ1v) is 8.80.